The van der Waals surface area contributed by atoms with Crippen LogP contribution >= 0.6 is 0 Å². The molecule has 0 atom stereocenters. The number of benzene rings is 2. The van der Waals surface area contributed by atoms with Crippen molar-refractivity contribution < 1.29 is 19.0 Å². The number of ether oxygens (including phenoxy) is 3. The van der Waals surface area contributed by atoms with Gasteiger partial charge in [0, 0.05) is 18.2 Å². The van der Waals surface area contributed by atoms with E-state index in [2.05, 4.69) is 6.58 Å². The Bertz CT molecular complexity index is 731. The van der Waals surface area contributed by atoms with Gasteiger partial charge in [-0.05, 0) is 17.7 Å². The summed E-state index contributed by atoms with van der Waals surface area (Å²) in [5.41, 5.74) is 2.31. The number of nitrogens with zero attached hydrogens (tertiary/aromatic N) is 1. The van der Waals surface area contributed by atoms with Crippen molar-refractivity contribution in [1.29, 1.82) is 0 Å². The molecule has 0 aliphatic heterocycles. The van der Waals surface area contributed by atoms with Crippen molar-refractivity contribution in [3.63, 3.8) is 0 Å². The van der Waals surface area contributed by atoms with E-state index in [1.165, 1.54) is 6.92 Å². The Labute approximate surface area is 148 Å². The van der Waals surface area contributed by atoms with Crippen LogP contribution in [0.4, 0.5) is 0 Å². The quantitative estimate of drug-likeness (QED) is 0.770. The van der Waals surface area contributed by atoms with Gasteiger partial charge in [0.1, 0.15) is 0 Å². The molecule has 0 bridgehead atoms. The van der Waals surface area contributed by atoms with Gasteiger partial charge in [-0.25, -0.2) is 0 Å². The number of amides is 1. The number of carbonyl (C=O) groups excluding carboxylic acids is 1. The number of methoxy groups -OCH3 is 3. The van der Waals surface area contributed by atoms with Crippen LogP contribution in [0, 0.1) is 0 Å². The van der Waals surface area contributed by atoms with Crippen molar-refractivity contribution in [3.8, 4) is 17.2 Å². The van der Waals surface area contributed by atoms with Gasteiger partial charge in [0.05, 0.1) is 27.9 Å². The Morgan fingerprint density at radius 3 is 2.00 bits per heavy atom. The maximum absolute atomic E-state index is 12.2. The van der Waals surface area contributed by atoms with E-state index in [-0.39, 0.29) is 5.91 Å². The topological polar surface area (TPSA) is 48.0 Å². The van der Waals surface area contributed by atoms with Gasteiger partial charge in [-0.15, -0.1) is 0 Å². The molecule has 0 unspecified atom stereocenters. The second-order valence-corrected chi connectivity index (χ2v) is 5.45. The molecule has 2 aromatic rings. The lowest BCUT2D eigenvalue weighted by molar-refractivity contribution is -0.126. The van der Waals surface area contributed by atoms with Crippen molar-refractivity contribution >= 4 is 11.6 Å². The van der Waals surface area contributed by atoms with Gasteiger partial charge in [0.15, 0.2) is 11.5 Å². The van der Waals surface area contributed by atoms with Crippen LogP contribution < -0.4 is 14.2 Å². The number of hydrogen-bond donors (Lipinski definition) is 0. The van der Waals surface area contributed by atoms with E-state index in [0.717, 1.165) is 11.1 Å². The highest BCUT2D eigenvalue weighted by molar-refractivity contribution is 5.85. The van der Waals surface area contributed by atoms with Gasteiger partial charge in [-0.3, -0.25) is 4.79 Å². The molecule has 0 aromatic heterocycles. The van der Waals surface area contributed by atoms with E-state index in [1.807, 2.05) is 30.3 Å². The molecular weight excluding hydrogens is 318 g/mol. The molecule has 0 aliphatic rings. The molecule has 25 heavy (non-hydrogen) atoms. The Morgan fingerprint density at radius 2 is 1.56 bits per heavy atom. The van der Waals surface area contributed by atoms with Gasteiger partial charge in [-0.1, -0.05) is 36.9 Å². The van der Waals surface area contributed by atoms with Crippen LogP contribution in [0.5, 0.6) is 17.2 Å². The van der Waals surface area contributed by atoms with E-state index in [4.69, 9.17) is 14.2 Å². The van der Waals surface area contributed by atoms with Crippen molar-refractivity contribution in [2.75, 3.05) is 21.3 Å². The lowest BCUT2D eigenvalue weighted by atomic mass is 10.1. The summed E-state index contributed by atoms with van der Waals surface area (Å²) in [5, 5.41) is 0. The minimum Gasteiger partial charge on any atom is -0.493 e. The highest BCUT2D eigenvalue weighted by Gasteiger charge is 2.19. The average molecular weight is 341 g/mol. The van der Waals surface area contributed by atoms with Crippen molar-refractivity contribution in [2.24, 2.45) is 0 Å². The summed E-state index contributed by atoms with van der Waals surface area (Å²) in [4.78, 5) is 13.8. The summed E-state index contributed by atoms with van der Waals surface area (Å²) in [6.45, 7) is 6.06. The zero-order chi connectivity index (χ0) is 18.4. The second-order valence-electron chi connectivity index (χ2n) is 5.45. The van der Waals surface area contributed by atoms with Crippen LogP contribution in [-0.2, 0) is 11.3 Å². The summed E-state index contributed by atoms with van der Waals surface area (Å²) >= 11 is 0. The molecule has 5 nitrogen and oxygen atoms in total. The molecule has 0 fully saturated rings. The van der Waals surface area contributed by atoms with E-state index in [9.17, 15) is 4.79 Å². The largest absolute Gasteiger partial charge is 0.493 e. The molecule has 0 saturated carbocycles. The molecular formula is C20H23NO4. The highest BCUT2D eigenvalue weighted by atomic mass is 16.5. The fourth-order valence-corrected chi connectivity index (χ4v) is 2.57. The smallest absolute Gasteiger partial charge is 0.224 e. The van der Waals surface area contributed by atoms with Crippen LogP contribution in [-0.4, -0.2) is 32.1 Å². The van der Waals surface area contributed by atoms with Crippen LogP contribution in [0.15, 0.2) is 49.0 Å². The van der Waals surface area contributed by atoms with Crippen molar-refractivity contribution in [1.82, 2.24) is 4.90 Å². The van der Waals surface area contributed by atoms with Gasteiger partial charge in [-0.2, -0.15) is 0 Å². The van der Waals surface area contributed by atoms with Crippen molar-refractivity contribution in [3.05, 3.63) is 60.2 Å². The minimum atomic E-state index is -0.0948. The van der Waals surface area contributed by atoms with Gasteiger partial charge >= 0.3 is 0 Å². The first-order chi connectivity index (χ1) is 12.0. The summed E-state index contributed by atoms with van der Waals surface area (Å²) in [7, 11) is 4.65. The third-order valence-electron chi connectivity index (χ3n) is 3.89. The Hall–Kier alpha value is -2.95. The standard InChI is InChI=1S/C20H23NO4/c1-14(21(15(2)22)13-16-9-7-6-8-10-16)17-11-18(23-3)20(25-5)19(12-17)24-4/h6-12H,1,13H2,2-5H3. The molecule has 5 heteroatoms. The maximum atomic E-state index is 12.2. The predicted octanol–water partition coefficient (Wildman–Crippen LogP) is 3.73. The molecule has 0 heterocycles. The van der Waals surface area contributed by atoms with E-state index >= 15 is 0 Å². The van der Waals surface area contributed by atoms with E-state index in [1.54, 1.807) is 38.4 Å². The predicted molar refractivity (Wildman–Crippen MR) is 97.8 cm³/mol. The van der Waals surface area contributed by atoms with Crippen LogP contribution in [0.3, 0.4) is 0 Å². The molecule has 0 saturated heterocycles. The Balaban J connectivity index is 2.40. The maximum Gasteiger partial charge on any atom is 0.224 e. The normalized spacial score (nSPS) is 10.1. The molecule has 1 amide bonds. The SMILES string of the molecule is C=C(c1cc(OC)c(OC)c(OC)c1)N(Cc1ccccc1)C(C)=O. The fraction of sp³-hybridized carbons (Fsp3) is 0.250. The monoisotopic (exact) mass is 341 g/mol. The van der Waals surface area contributed by atoms with Gasteiger partial charge in [0.2, 0.25) is 11.7 Å². The van der Waals surface area contributed by atoms with Gasteiger partial charge < -0.3 is 19.1 Å². The molecule has 2 aromatic carbocycles. The summed E-state index contributed by atoms with van der Waals surface area (Å²) in [6.07, 6.45) is 0. The minimum absolute atomic E-state index is 0.0948. The zero-order valence-corrected chi connectivity index (χ0v) is 15.0. The molecule has 0 radical (unpaired) electrons. The molecule has 2 rings (SSSR count). The molecule has 0 aliphatic carbocycles. The molecule has 132 valence electrons. The highest BCUT2D eigenvalue weighted by Crippen LogP contribution is 2.40. The van der Waals surface area contributed by atoms with Crippen LogP contribution in [0.2, 0.25) is 0 Å². The molecule has 0 N–H and O–H groups in total. The summed E-state index contributed by atoms with van der Waals surface area (Å²) < 4.78 is 16.1. The first-order valence-electron chi connectivity index (χ1n) is 7.83. The summed E-state index contributed by atoms with van der Waals surface area (Å²) in [6, 6.07) is 13.3. The third-order valence-corrected chi connectivity index (χ3v) is 3.89. The van der Waals surface area contributed by atoms with Crippen LogP contribution in [0.25, 0.3) is 5.70 Å². The number of rotatable bonds is 7. The lowest BCUT2D eigenvalue weighted by Crippen LogP contribution is -2.26. The number of carbonyl (C=O) groups is 1. The Kier molecular flexibility index (Phi) is 6.06. The van der Waals surface area contributed by atoms with Gasteiger partial charge in [0.25, 0.3) is 0 Å². The second kappa shape index (κ2) is 8.24. The van der Waals surface area contributed by atoms with E-state index in [0.29, 0.717) is 29.5 Å². The van der Waals surface area contributed by atoms with Crippen molar-refractivity contribution in [2.45, 2.75) is 13.5 Å². The fourth-order valence-electron chi connectivity index (χ4n) is 2.57. The third kappa shape index (κ3) is 4.12. The first-order valence-corrected chi connectivity index (χ1v) is 7.83. The first kappa shape index (κ1) is 18.4. The molecule has 0 spiro atoms. The average Bonchev–Trinajstić information content (AvgIpc) is 2.64. The number of hydrogen-bond acceptors (Lipinski definition) is 4. The Morgan fingerprint density at radius 1 is 1.00 bits per heavy atom. The van der Waals surface area contributed by atoms with Crippen LogP contribution in [0.1, 0.15) is 18.1 Å². The van der Waals surface area contributed by atoms with E-state index < -0.39 is 0 Å². The lowest BCUT2D eigenvalue weighted by Gasteiger charge is -2.25. The summed E-state index contributed by atoms with van der Waals surface area (Å²) in [5.74, 6) is 1.43. The zero-order valence-electron chi connectivity index (χ0n) is 15.0.